The minimum atomic E-state index is -1.67. The Morgan fingerprint density at radius 3 is 1.60 bits per heavy atom. The summed E-state index contributed by atoms with van der Waals surface area (Å²) in [6, 6.07) is -1.19. The number of hydrogen-bond donors (Lipinski definition) is 8. The molecule has 1 aliphatic rings. The van der Waals surface area contributed by atoms with Crippen LogP contribution in [0, 0.1) is 0 Å². The molecule has 0 spiro atoms. The smallest absolute Gasteiger partial charge is 0.249 e. The molecule has 0 bridgehead atoms. The van der Waals surface area contributed by atoms with Gasteiger partial charge >= 0.3 is 0 Å². The number of aliphatic hydroxyl groups is 7. The van der Waals surface area contributed by atoms with Gasteiger partial charge in [0.1, 0.15) is 36.6 Å². The zero-order valence-corrected chi connectivity index (χ0v) is 35.8. The van der Waals surface area contributed by atoms with Gasteiger partial charge in [-0.3, -0.25) is 4.79 Å². The molecule has 1 heterocycles. The first kappa shape index (κ1) is 53.3. The molecule has 1 aliphatic heterocycles. The van der Waals surface area contributed by atoms with Gasteiger partial charge in [0.2, 0.25) is 5.91 Å². The number of rotatable bonds is 37. The van der Waals surface area contributed by atoms with Crippen molar-refractivity contribution in [3.05, 3.63) is 36.5 Å². The van der Waals surface area contributed by atoms with Gasteiger partial charge in [-0.2, -0.15) is 0 Å². The molecule has 1 amide bonds. The number of allylic oxidation sites excluding steroid dienone is 6. The van der Waals surface area contributed by atoms with Gasteiger partial charge in [-0.15, -0.1) is 0 Å². The molecule has 9 atom stereocenters. The van der Waals surface area contributed by atoms with Crippen LogP contribution >= 0.6 is 0 Å². The summed E-state index contributed by atoms with van der Waals surface area (Å²) in [6.45, 7) is 3.19. The Balaban J connectivity index is 2.45. The van der Waals surface area contributed by atoms with Crippen molar-refractivity contribution >= 4 is 5.91 Å². The van der Waals surface area contributed by atoms with E-state index in [0.29, 0.717) is 19.3 Å². The van der Waals surface area contributed by atoms with Crippen LogP contribution in [0.25, 0.3) is 0 Å². The summed E-state index contributed by atoms with van der Waals surface area (Å²) in [5.41, 5.74) is 0. The van der Waals surface area contributed by atoms with E-state index in [1.165, 1.54) is 89.9 Å². The van der Waals surface area contributed by atoms with E-state index in [9.17, 15) is 40.5 Å². The Hall–Kier alpha value is -1.67. The summed E-state index contributed by atoms with van der Waals surface area (Å²) < 4.78 is 11.1. The molecule has 0 aromatic carbocycles. The van der Waals surface area contributed by atoms with E-state index in [1.807, 2.05) is 13.0 Å². The van der Waals surface area contributed by atoms with Crippen LogP contribution in [0.5, 0.6) is 0 Å². The maximum absolute atomic E-state index is 13.1. The van der Waals surface area contributed by atoms with Crippen LogP contribution in [0.4, 0.5) is 0 Å². The Labute approximate surface area is 346 Å². The molecule has 0 aromatic heterocycles. The van der Waals surface area contributed by atoms with Crippen LogP contribution < -0.4 is 5.32 Å². The minimum absolute atomic E-state index is 0.241. The highest BCUT2D eigenvalue weighted by atomic mass is 16.7. The quantitative estimate of drug-likeness (QED) is 0.0235. The van der Waals surface area contributed by atoms with Crippen molar-refractivity contribution in [2.75, 3.05) is 13.2 Å². The highest BCUT2D eigenvalue weighted by Crippen LogP contribution is 2.23. The minimum Gasteiger partial charge on any atom is -0.394 e. The molecule has 1 rings (SSSR count). The average molecular weight is 812 g/mol. The Bertz CT molecular complexity index is 1020. The lowest BCUT2D eigenvalue weighted by Gasteiger charge is -2.40. The van der Waals surface area contributed by atoms with E-state index < -0.39 is 74.2 Å². The molecular weight excluding hydrogens is 727 g/mol. The summed E-state index contributed by atoms with van der Waals surface area (Å²) in [5.74, 6) is -0.713. The summed E-state index contributed by atoms with van der Waals surface area (Å²) in [7, 11) is 0. The summed E-state index contributed by atoms with van der Waals surface area (Å²) in [6.07, 6.45) is 29.3. The van der Waals surface area contributed by atoms with Crippen molar-refractivity contribution in [3.8, 4) is 0 Å². The number of nitrogens with one attached hydrogen (secondary N) is 1. The van der Waals surface area contributed by atoms with Crippen molar-refractivity contribution < 1.29 is 50.0 Å². The van der Waals surface area contributed by atoms with Crippen LogP contribution in [0.1, 0.15) is 181 Å². The number of carbonyl (C=O) groups is 1. The molecule has 0 aromatic rings. The SMILES string of the molecule is C/C=C/CC/C=C/CC/C=C/CCCC(O)C(O)C(COC1OC(CO)C(O)C(O)C1O)NC(=O)C(O)CCCCCCCCCCCCCCCCCCCC. The van der Waals surface area contributed by atoms with Gasteiger partial charge in [-0.05, 0) is 58.3 Å². The molecule has 9 unspecified atom stereocenters. The number of amides is 1. The first-order valence-electron chi connectivity index (χ1n) is 22.9. The van der Waals surface area contributed by atoms with Crippen molar-refractivity contribution in [2.24, 2.45) is 0 Å². The van der Waals surface area contributed by atoms with Gasteiger partial charge < -0.3 is 50.5 Å². The monoisotopic (exact) mass is 812 g/mol. The predicted molar refractivity (Wildman–Crippen MR) is 228 cm³/mol. The summed E-state index contributed by atoms with van der Waals surface area (Å²) >= 11 is 0. The normalized spacial score (nSPS) is 22.4. The van der Waals surface area contributed by atoms with Crippen molar-refractivity contribution in [1.82, 2.24) is 5.32 Å². The lowest BCUT2D eigenvalue weighted by molar-refractivity contribution is -0.303. The van der Waals surface area contributed by atoms with Gasteiger partial charge in [0.05, 0.1) is 25.4 Å². The number of aliphatic hydroxyl groups excluding tert-OH is 7. The number of hydrogen-bond acceptors (Lipinski definition) is 10. The van der Waals surface area contributed by atoms with Gasteiger partial charge in [0.15, 0.2) is 6.29 Å². The maximum Gasteiger partial charge on any atom is 0.249 e. The summed E-state index contributed by atoms with van der Waals surface area (Å²) in [5, 5.41) is 75.5. The fourth-order valence-electron chi connectivity index (χ4n) is 7.19. The Kier molecular flexibility index (Phi) is 33.9. The second-order valence-corrected chi connectivity index (χ2v) is 16.1. The van der Waals surface area contributed by atoms with E-state index in [0.717, 1.165) is 44.9 Å². The van der Waals surface area contributed by atoms with Crippen LogP contribution in [0.3, 0.4) is 0 Å². The first-order chi connectivity index (χ1) is 27.7. The second kappa shape index (κ2) is 36.2. The fourth-order valence-corrected chi connectivity index (χ4v) is 7.19. The second-order valence-electron chi connectivity index (χ2n) is 16.1. The molecule has 11 heteroatoms. The van der Waals surface area contributed by atoms with Crippen LogP contribution in [0.2, 0.25) is 0 Å². The molecule has 0 radical (unpaired) electrons. The van der Waals surface area contributed by atoms with Gasteiger partial charge in [0.25, 0.3) is 0 Å². The van der Waals surface area contributed by atoms with Gasteiger partial charge in [-0.25, -0.2) is 0 Å². The first-order valence-corrected chi connectivity index (χ1v) is 22.9. The highest BCUT2D eigenvalue weighted by Gasteiger charge is 2.44. The van der Waals surface area contributed by atoms with E-state index in [4.69, 9.17) is 9.47 Å². The topological polar surface area (TPSA) is 189 Å². The number of carbonyl (C=O) groups excluding carboxylic acids is 1. The largest absolute Gasteiger partial charge is 0.394 e. The highest BCUT2D eigenvalue weighted by molar-refractivity contribution is 5.80. The lowest BCUT2D eigenvalue weighted by Crippen LogP contribution is -2.60. The van der Waals surface area contributed by atoms with Crippen LogP contribution in [0.15, 0.2) is 36.5 Å². The third kappa shape index (κ3) is 26.2. The standard InChI is InChI=1S/C46H85NO10/c1-3-5-7-9-11-13-15-17-18-19-20-21-22-24-26-28-30-32-34-39(50)45(55)47-37(36-56-46-44(54)43(53)42(52)40(35-48)57-46)41(51)38(49)33-31-29-27-25-23-16-14-12-10-8-6-4-2/h4,6,12,14,25,27,37-44,46,48-54H,3,5,7-11,13,15-24,26,28-36H2,1-2H3,(H,47,55)/b6-4+,14-12+,27-25+. The molecule has 1 saturated heterocycles. The Morgan fingerprint density at radius 1 is 0.632 bits per heavy atom. The van der Waals surface area contributed by atoms with Crippen LogP contribution in [-0.4, -0.2) is 110 Å². The number of ether oxygens (including phenoxy) is 2. The average Bonchev–Trinajstić information content (AvgIpc) is 3.21. The fraction of sp³-hybridized carbons (Fsp3) is 0.848. The molecular formula is C46H85NO10. The van der Waals surface area contributed by atoms with E-state index in [2.05, 4.69) is 42.6 Å². The molecule has 57 heavy (non-hydrogen) atoms. The lowest BCUT2D eigenvalue weighted by atomic mass is 9.98. The zero-order valence-electron chi connectivity index (χ0n) is 35.8. The Morgan fingerprint density at radius 2 is 1.11 bits per heavy atom. The number of unbranched alkanes of at least 4 members (excludes halogenated alkanes) is 20. The third-order valence-corrected chi connectivity index (χ3v) is 11.0. The van der Waals surface area contributed by atoms with E-state index in [1.54, 1.807) is 0 Å². The zero-order chi connectivity index (χ0) is 41.9. The molecule has 334 valence electrons. The van der Waals surface area contributed by atoms with Gasteiger partial charge in [-0.1, -0.05) is 159 Å². The van der Waals surface area contributed by atoms with E-state index >= 15 is 0 Å². The molecule has 0 saturated carbocycles. The molecule has 0 aliphatic carbocycles. The van der Waals surface area contributed by atoms with Crippen molar-refractivity contribution in [3.63, 3.8) is 0 Å². The predicted octanol–water partition coefficient (Wildman–Crippen LogP) is 7.22. The molecule has 8 N–H and O–H groups in total. The van der Waals surface area contributed by atoms with E-state index in [-0.39, 0.29) is 12.8 Å². The molecule has 11 nitrogen and oxygen atoms in total. The third-order valence-electron chi connectivity index (χ3n) is 11.0. The maximum atomic E-state index is 13.1. The van der Waals surface area contributed by atoms with Crippen molar-refractivity contribution in [1.29, 1.82) is 0 Å². The van der Waals surface area contributed by atoms with Crippen LogP contribution in [-0.2, 0) is 14.3 Å². The van der Waals surface area contributed by atoms with Gasteiger partial charge in [0, 0.05) is 0 Å². The summed E-state index contributed by atoms with van der Waals surface area (Å²) in [4.78, 5) is 13.1. The van der Waals surface area contributed by atoms with Crippen molar-refractivity contribution in [2.45, 2.75) is 236 Å². The molecule has 1 fully saturated rings.